The van der Waals surface area contributed by atoms with Crippen LogP contribution < -0.4 is 0 Å². The summed E-state index contributed by atoms with van der Waals surface area (Å²) in [6, 6.07) is 78.4. The average Bonchev–Trinajstić information content (AvgIpc) is 3.90. The molecule has 0 saturated heterocycles. The minimum Gasteiger partial charge on any atom is -0.309 e. The highest BCUT2D eigenvalue weighted by Gasteiger charge is 2.24. The standard InChI is InChI=1S/C62H38N2/c1-2-14-44-39(13-1)33-42-35-56-57(36-54(42)44)61(38-25-29-43(30-26-38)64-59-23-11-9-19-50(59)51-20-10-12-24-60(51)64)52-21-7-8-22-53(52)62(56)41-28-32-58(63-37-41)40-27-31-49-47-17-4-3-15-45(47)46-16-5-6-18-48(46)55(49)34-40/h1-32,34-37H,33H2. The molecule has 0 bridgehead atoms. The summed E-state index contributed by atoms with van der Waals surface area (Å²) in [6.07, 6.45) is 3.03. The third-order valence-electron chi connectivity index (χ3n) is 14.0. The van der Waals surface area contributed by atoms with Gasteiger partial charge in [-0.2, -0.15) is 0 Å². The van der Waals surface area contributed by atoms with Crippen LogP contribution in [0.25, 0.3) is 126 Å². The monoisotopic (exact) mass is 810 g/mol. The van der Waals surface area contributed by atoms with Gasteiger partial charge in [0.2, 0.25) is 0 Å². The van der Waals surface area contributed by atoms with Gasteiger partial charge in [0.15, 0.2) is 0 Å². The molecule has 0 N–H and O–H groups in total. The van der Waals surface area contributed by atoms with E-state index in [0.29, 0.717) is 0 Å². The Morgan fingerprint density at radius 1 is 0.312 bits per heavy atom. The summed E-state index contributed by atoms with van der Waals surface area (Å²) in [5, 5.41) is 15.1. The van der Waals surface area contributed by atoms with E-state index in [1.165, 1.54) is 115 Å². The van der Waals surface area contributed by atoms with E-state index in [4.69, 9.17) is 4.98 Å². The molecule has 14 rings (SSSR count). The van der Waals surface area contributed by atoms with Crippen molar-refractivity contribution >= 4 is 75.7 Å². The normalized spacial score (nSPS) is 12.3. The number of fused-ring (bicyclic) bond motifs is 14. The summed E-state index contributed by atoms with van der Waals surface area (Å²) in [5.74, 6) is 0. The van der Waals surface area contributed by atoms with Gasteiger partial charge in [0.1, 0.15) is 0 Å². The smallest absolute Gasteiger partial charge is 0.0702 e. The predicted molar refractivity (Wildman–Crippen MR) is 271 cm³/mol. The Morgan fingerprint density at radius 3 is 1.45 bits per heavy atom. The fraction of sp³-hybridized carbons (Fsp3) is 0.0161. The van der Waals surface area contributed by atoms with E-state index < -0.39 is 0 Å². The van der Waals surface area contributed by atoms with Crippen LogP contribution in [-0.2, 0) is 6.42 Å². The van der Waals surface area contributed by atoms with Gasteiger partial charge in [-0.25, -0.2) is 0 Å². The van der Waals surface area contributed by atoms with Crippen molar-refractivity contribution in [3.8, 4) is 50.3 Å². The molecule has 296 valence electrons. The van der Waals surface area contributed by atoms with Crippen LogP contribution in [0.3, 0.4) is 0 Å². The van der Waals surface area contributed by atoms with Gasteiger partial charge >= 0.3 is 0 Å². The van der Waals surface area contributed by atoms with Crippen LogP contribution in [0.2, 0.25) is 0 Å². The van der Waals surface area contributed by atoms with Gasteiger partial charge in [0, 0.05) is 33.8 Å². The number of pyridine rings is 1. The van der Waals surface area contributed by atoms with Crippen LogP contribution in [-0.4, -0.2) is 9.55 Å². The number of para-hydroxylation sites is 2. The molecule has 0 saturated carbocycles. The molecule has 0 atom stereocenters. The predicted octanol–water partition coefficient (Wildman–Crippen LogP) is 16.5. The highest BCUT2D eigenvalue weighted by atomic mass is 15.0. The Morgan fingerprint density at radius 2 is 0.812 bits per heavy atom. The average molecular weight is 811 g/mol. The molecule has 64 heavy (non-hydrogen) atoms. The van der Waals surface area contributed by atoms with Gasteiger partial charge in [-0.15, -0.1) is 0 Å². The zero-order chi connectivity index (χ0) is 41.9. The minimum absolute atomic E-state index is 0.930. The summed E-state index contributed by atoms with van der Waals surface area (Å²) in [5.41, 5.74) is 15.9. The summed E-state index contributed by atoms with van der Waals surface area (Å²) >= 11 is 0. The fourth-order valence-corrected chi connectivity index (χ4v) is 11.2. The lowest BCUT2D eigenvalue weighted by atomic mass is 9.84. The van der Waals surface area contributed by atoms with Gasteiger partial charge in [-0.1, -0.05) is 164 Å². The Balaban J connectivity index is 0.954. The molecule has 2 heteroatoms. The van der Waals surface area contributed by atoms with Crippen molar-refractivity contribution < 1.29 is 0 Å². The van der Waals surface area contributed by atoms with Crippen LogP contribution in [0, 0.1) is 0 Å². The van der Waals surface area contributed by atoms with Gasteiger partial charge in [-0.3, -0.25) is 4.98 Å². The lowest BCUT2D eigenvalue weighted by molar-refractivity contribution is 1.18. The van der Waals surface area contributed by atoms with E-state index in [9.17, 15) is 0 Å². The maximum Gasteiger partial charge on any atom is 0.0702 e. The summed E-state index contributed by atoms with van der Waals surface area (Å²) in [4.78, 5) is 5.25. The molecule has 0 spiro atoms. The van der Waals surface area contributed by atoms with Crippen LogP contribution >= 0.6 is 0 Å². The number of benzene rings is 11. The highest BCUT2D eigenvalue weighted by molar-refractivity contribution is 6.26. The van der Waals surface area contributed by atoms with Crippen molar-refractivity contribution in [3.63, 3.8) is 0 Å². The van der Waals surface area contributed by atoms with E-state index in [1.807, 2.05) is 0 Å². The molecule has 1 aliphatic rings. The van der Waals surface area contributed by atoms with Gasteiger partial charge in [-0.05, 0) is 148 Å². The first-order chi connectivity index (χ1) is 31.7. The first-order valence-corrected chi connectivity index (χ1v) is 22.2. The van der Waals surface area contributed by atoms with E-state index >= 15 is 0 Å². The van der Waals surface area contributed by atoms with Gasteiger partial charge in [0.25, 0.3) is 0 Å². The summed E-state index contributed by atoms with van der Waals surface area (Å²) in [6.45, 7) is 0. The molecule has 0 amide bonds. The first-order valence-electron chi connectivity index (χ1n) is 22.2. The Labute approximate surface area is 369 Å². The molecule has 2 nitrogen and oxygen atoms in total. The number of nitrogens with zero attached hydrogens (tertiary/aromatic N) is 2. The summed E-state index contributed by atoms with van der Waals surface area (Å²) < 4.78 is 2.40. The molecule has 2 heterocycles. The van der Waals surface area contributed by atoms with Crippen molar-refractivity contribution in [2.45, 2.75) is 6.42 Å². The highest BCUT2D eigenvalue weighted by Crippen LogP contribution is 2.48. The minimum atomic E-state index is 0.930. The van der Waals surface area contributed by atoms with Gasteiger partial charge in [0.05, 0.1) is 16.7 Å². The molecule has 0 fully saturated rings. The van der Waals surface area contributed by atoms with Gasteiger partial charge < -0.3 is 4.57 Å². The van der Waals surface area contributed by atoms with Crippen molar-refractivity contribution in [1.29, 1.82) is 0 Å². The molecule has 1 aliphatic carbocycles. The fourth-order valence-electron chi connectivity index (χ4n) is 11.2. The molecule has 0 unspecified atom stereocenters. The second-order valence-corrected chi connectivity index (χ2v) is 17.4. The Hall–Kier alpha value is -8.33. The van der Waals surface area contributed by atoms with Crippen molar-refractivity contribution in [2.24, 2.45) is 0 Å². The Kier molecular flexibility index (Phi) is 7.49. The van der Waals surface area contributed by atoms with Crippen LogP contribution in [0.5, 0.6) is 0 Å². The third kappa shape index (κ3) is 5.11. The third-order valence-corrected chi connectivity index (χ3v) is 14.0. The van der Waals surface area contributed by atoms with Crippen LogP contribution in [0.1, 0.15) is 11.1 Å². The topological polar surface area (TPSA) is 17.8 Å². The van der Waals surface area contributed by atoms with E-state index in [2.05, 4.69) is 223 Å². The number of aromatic nitrogens is 2. The van der Waals surface area contributed by atoms with Crippen LogP contribution in [0.15, 0.2) is 219 Å². The maximum atomic E-state index is 5.25. The molecular formula is C62H38N2. The second kappa shape index (κ2) is 13.6. The number of rotatable bonds is 4. The van der Waals surface area contributed by atoms with Crippen molar-refractivity contribution in [2.75, 3.05) is 0 Å². The van der Waals surface area contributed by atoms with E-state index in [0.717, 1.165) is 28.9 Å². The molecular weight excluding hydrogens is 773 g/mol. The maximum absolute atomic E-state index is 5.25. The number of hydrogen-bond acceptors (Lipinski definition) is 1. The van der Waals surface area contributed by atoms with Crippen molar-refractivity contribution in [3.05, 3.63) is 230 Å². The Bertz CT molecular complexity index is 3990. The summed E-state index contributed by atoms with van der Waals surface area (Å²) in [7, 11) is 0. The molecule has 13 aromatic rings. The first kappa shape index (κ1) is 35.3. The molecule has 0 aliphatic heterocycles. The van der Waals surface area contributed by atoms with Crippen molar-refractivity contribution in [1.82, 2.24) is 9.55 Å². The molecule has 11 aromatic carbocycles. The van der Waals surface area contributed by atoms with E-state index in [-0.39, 0.29) is 0 Å². The lowest BCUT2D eigenvalue weighted by Gasteiger charge is -2.19. The zero-order valence-electron chi connectivity index (χ0n) is 34.9. The zero-order valence-corrected chi connectivity index (χ0v) is 34.9. The largest absolute Gasteiger partial charge is 0.309 e. The number of hydrogen-bond donors (Lipinski definition) is 0. The van der Waals surface area contributed by atoms with E-state index in [1.54, 1.807) is 0 Å². The quantitative estimate of drug-likeness (QED) is 0.128. The second-order valence-electron chi connectivity index (χ2n) is 17.4. The molecule has 0 radical (unpaired) electrons. The lowest BCUT2D eigenvalue weighted by Crippen LogP contribution is -1.95. The SMILES string of the molecule is c1ccc2c(c1)Cc1cc3c(-c4ccc(-c5ccc6c7ccccc7c7ccccc7c6c5)nc4)c4ccccc4c(-c4ccc(-n5c6ccccc6c6ccccc65)cc4)c3cc1-2. The molecule has 2 aromatic heterocycles. The van der Waals surface area contributed by atoms with Crippen LogP contribution in [0.4, 0.5) is 0 Å².